The van der Waals surface area contributed by atoms with Gasteiger partial charge in [-0.1, -0.05) is 72.3 Å². The predicted molar refractivity (Wildman–Crippen MR) is 153 cm³/mol. The van der Waals surface area contributed by atoms with Crippen molar-refractivity contribution in [1.82, 2.24) is 19.4 Å². The van der Waals surface area contributed by atoms with Crippen molar-refractivity contribution in [2.24, 2.45) is 0 Å². The lowest BCUT2D eigenvalue weighted by Crippen LogP contribution is -2.37. The molecule has 4 heterocycles. The van der Waals surface area contributed by atoms with Gasteiger partial charge in [0.05, 0.1) is 17.0 Å². The number of aromatic nitrogens is 3. The SMILES string of the molecule is N#Cc1cc(-c2ccccc2)c(-c2ccc(CN3CCC(n4c5c([nH]c4=O)N([O-])CC=C5)CC3)cc2)nc1Cl. The topological polar surface area (TPSA) is 104 Å². The Morgan fingerprint density at radius 2 is 1.82 bits per heavy atom. The van der Waals surface area contributed by atoms with Gasteiger partial charge in [-0.25, -0.2) is 9.78 Å². The van der Waals surface area contributed by atoms with Crippen molar-refractivity contribution < 1.29 is 0 Å². The van der Waals surface area contributed by atoms with Crippen LogP contribution in [0.3, 0.4) is 0 Å². The predicted octanol–water partition coefficient (Wildman–Crippen LogP) is 5.60. The number of hydrogen-bond acceptors (Lipinski definition) is 6. The summed E-state index contributed by atoms with van der Waals surface area (Å²) in [6, 6.07) is 22.2. The van der Waals surface area contributed by atoms with Crippen LogP contribution in [0.2, 0.25) is 5.15 Å². The average Bonchev–Trinajstić information content (AvgIpc) is 3.31. The molecule has 2 aromatic heterocycles. The first kappa shape index (κ1) is 25.1. The molecule has 0 aliphatic carbocycles. The highest BCUT2D eigenvalue weighted by molar-refractivity contribution is 6.30. The highest BCUT2D eigenvalue weighted by Crippen LogP contribution is 2.34. The van der Waals surface area contributed by atoms with Crippen LogP contribution in [0.1, 0.15) is 35.7 Å². The van der Waals surface area contributed by atoms with Gasteiger partial charge < -0.3 is 10.3 Å². The number of hydroxylamine groups is 1. The number of halogens is 1. The van der Waals surface area contributed by atoms with E-state index in [2.05, 4.69) is 33.1 Å². The normalized spacial score (nSPS) is 15.8. The molecule has 0 amide bonds. The molecule has 0 unspecified atom stereocenters. The fourth-order valence-corrected chi connectivity index (χ4v) is 5.68. The molecular weight excluding hydrogens is 512 g/mol. The minimum atomic E-state index is -0.215. The lowest BCUT2D eigenvalue weighted by molar-refractivity contribution is 0.177. The van der Waals surface area contributed by atoms with Crippen molar-refractivity contribution >= 4 is 23.5 Å². The molecule has 1 N–H and O–H groups in total. The quantitative estimate of drug-likeness (QED) is 0.332. The molecule has 1 saturated heterocycles. The number of nitrogens with one attached hydrogen (secondary N) is 1. The minimum Gasteiger partial charge on any atom is -0.757 e. The average molecular weight is 538 g/mol. The monoisotopic (exact) mass is 537 g/mol. The Labute approximate surface area is 231 Å². The molecule has 39 heavy (non-hydrogen) atoms. The zero-order valence-corrected chi connectivity index (χ0v) is 21.9. The molecule has 0 spiro atoms. The van der Waals surface area contributed by atoms with Gasteiger partial charge in [0.15, 0.2) is 0 Å². The molecule has 1 fully saturated rings. The van der Waals surface area contributed by atoms with Gasteiger partial charge in [0, 0.05) is 43.3 Å². The Bertz CT molecular complexity index is 1630. The molecule has 8 nitrogen and oxygen atoms in total. The zero-order valence-electron chi connectivity index (χ0n) is 21.2. The Kier molecular flexibility index (Phi) is 6.79. The lowest BCUT2D eigenvalue weighted by Gasteiger charge is -2.34. The van der Waals surface area contributed by atoms with Crippen LogP contribution in [-0.2, 0) is 6.54 Å². The molecule has 0 saturated carbocycles. The van der Waals surface area contributed by atoms with Gasteiger partial charge in [0.25, 0.3) is 0 Å². The van der Waals surface area contributed by atoms with Crippen molar-refractivity contribution in [3.8, 4) is 28.5 Å². The van der Waals surface area contributed by atoms with E-state index in [9.17, 15) is 15.3 Å². The van der Waals surface area contributed by atoms with Gasteiger partial charge in [0.2, 0.25) is 0 Å². The number of aromatic amines is 1. The summed E-state index contributed by atoms with van der Waals surface area (Å²) in [5, 5.41) is 22.6. The van der Waals surface area contributed by atoms with Crippen LogP contribution in [-0.4, -0.2) is 39.1 Å². The smallest absolute Gasteiger partial charge is 0.327 e. The van der Waals surface area contributed by atoms with Crippen LogP contribution in [0.25, 0.3) is 28.5 Å². The zero-order chi connectivity index (χ0) is 26.9. The van der Waals surface area contributed by atoms with E-state index in [1.54, 1.807) is 16.7 Å². The summed E-state index contributed by atoms with van der Waals surface area (Å²) in [5.41, 5.74) is 5.50. The van der Waals surface area contributed by atoms with E-state index in [0.717, 1.165) is 59.9 Å². The molecule has 0 radical (unpaired) electrons. The van der Waals surface area contributed by atoms with E-state index >= 15 is 0 Å². The van der Waals surface area contributed by atoms with Crippen molar-refractivity contribution in [1.29, 1.82) is 5.26 Å². The van der Waals surface area contributed by atoms with E-state index in [1.807, 2.05) is 48.5 Å². The molecule has 2 aliphatic rings. The van der Waals surface area contributed by atoms with Gasteiger partial charge in [-0.3, -0.25) is 14.5 Å². The van der Waals surface area contributed by atoms with E-state index < -0.39 is 0 Å². The Morgan fingerprint density at radius 3 is 2.54 bits per heavy atom. The van der Waals surface area contributed by atoms with Gasteiger partial charge in [-0.05, 0) is 36.1 Å². The molecule has 9 heteroatoms. The number of likely N-dealkylation sites (tertiary alicyclic amines) is 1. The lowest BCUT2D eigenvalue weighted by atomic mass is 9.97. The summed E-state index contributed by atoms with van der Waals surface area (Å²) >= 11 is 6.32. The van der Waals surface area contributed by atoms with Crippen LogP contribution in [0.4, 0.5) is 5.82 Å². The van der Waals surface area contributed by atoms with Gasteiger partial charge >= 0.3 is 5.69 Å². The van der Waals surface area contributed by atoms with E-state index in [-0.39, 0.29) is 23.4 Å². The largest absolute Gasteiger partial charge is 0.757 e. The molecular formula is C30H26ClN6O2-. The number of piperidine rings is 1. The second-order valence-corrected chi connectivity index (χ2v) is 10.3. The third-order valence-electron chi connectivity index (χ3n) is 7.48. The maximum absolute atomic E-state index is 12.6. The van der Waals surface area contributed by atoms with Crippen molar-refractivity contribution in [2.75, 3.05) is 24.7 Å². The summed E-state index contributed by atoms with van der Waals surface area (Å²) in [7, 11) is 0. The first-order valence-corrected chi connectivity index (χ1v) is 13.3. The second-order valence-electron chi connectivity index (χ2n) is 9.90. The molecule has 0 bridgehead atoms. The fourth-order valence-electron chi connectivity index (χ4n) is 5.50. The Balaban J connectivity index is 1.17. The van der Waals surface area contributed by atoms with Gasteiger partial charge in [-0.15, -0.1) is 0 Å². The molecule has 2 aromatic carbocycles. The molecule has 4 aromatic rings. The first-order chi connectivity index (χ1) is 19.0. The highest BCUT2D eigenvalue weighted by atomic mass is 35.5. The summed E-state index contributed by atoms with van der Waals surface area (Å²) < 4.78 is 1.75. The number of H-pyrrole nitrogens is 1. The Hall–Kier alpha value is -4.16. The summed E-state index contributed by atoms with van der Waals surface area (Å²) in [6.45, 7) is 2.77. The van der Waals surface area contributed by atoms with Gasteiger partial charge in [0.1, 0.15) is 17.0 Å². The number of benzene rings is 2. The summed E-state index contributed by atoms with van der Waals surface area (Å²) in [5.74, 6) is 0.360. The van der Waals surface area contributed by atoms with Gasteiger partial charge in [-0.2, -0.15) is 5.26 Å². The van der Waals surface area contributed by atoms with Crippen molar-refractivity contribution in [3.05, 3.63) is 104 Å². The van der Waals surface area contributed by atoms with Crippen molar-refractivity contribution in [3.63, 3.8) is 0 Å². The summed E-state index contributed by atoms with van der Waals surface area (Å²) in [6.07, 6.45) is 5.34. The van der Waals surface area contributed by atoms with E-state index in [1.165, 1.54) is 5.56 Å². The number of hydrogen-bond donors (Lipinski definition) is 1. The number of anilines is 1. The molecule has 196 valence electrons. The third kappa shape index (κ3) is 4.88. The van der Waals surface area contributed by atoms with Crippen LogP contribution >= 0.6 is 11.6 Å². The van der Waals surface area contributed by atoms with E-state index in [4.69, 9.17) is 11.6 Å². The number of imidazole rings is 1. The second kappa shape index (κ2) is 10.5. The van der Waals surface area contributed by atoms with Crippen LogP contribution in [0.15, 0.2) is 71.5 Å². The van der Waals surface area contributed by atoms with E-state index in [0.29, 0.717) is 17.1 Å². The Morgan fingerprint density at radius 1 is 1.08 bits per heavy atom. The number of nitrogens with zero attached hydrogens (tertiary/aromatic N) is 5. The first-order valence-electron chi connectivity index (χ1n) is 13.0. The van der Waals surface area contributed by atoms with Crippen LogP contribution in [0.5, 0.6) is 0 Å². The number of rotatable bonds is 5. The third-order valence-corrected chi connectivity index (χ3v) is 7.77. The molecule has 6 rings (SSSR count). The van der Waals surface area contributed by atoms with Crippen molar-refractivity contribution in [2.45, 2.75) is 25.4 Å². The standard InChI is InChI=1S/C30H26ClN6O2/c31-28-23(18-32)17-25(21-5-2-1-3-6-21)27(33-28)22-10-8-20(9-11-22)19-35-15-12-24(13-16-35)37-26-7-4-14-36(39)29(26)34-30(37)38/h1-11,17,24H,12-16,19H2,(H,34,38)/q-1. The maximum atomic E-state index is 12.6. The van der Waals surface area contributed by atoms with Crippen LogP contribution < -0.4 is 10.8 Å². The number of fused-ring (bicyclic) bond motifs is 1. The minimum absolute atomic E-state index is 0.0656. The van der Waals surface area contributed by atoms with Crippen LogP contribution in [0, 0.1) is 16.5 Å². The molecule has 0 atom stereocenters. The maximum Gasteiger partial charge on any atom is 0.327 e. The highest BCUT2D eigenvalue weighted by Gasteiger charge is 2.26. The number of nitriles is 1. The summed E-state index contributed by atoms with van der Waals surface area (Å²) in [4.78, 5) is 22.3. The fraction of sp³-hybridized carbons (Fsp3) is 0.233. The number of pyridine rings is 1. The molecule has 2 aliphatic heterocycles.